The van der Waals surface area contributed by atoms with Crippen molar-refractivity contribution in [3.63, 3.8) is 0 Å². The number of hydrogen-bond donors (Lipinski definition) is 0. The summed E-state index contributed by atoms with van der Waals surface area (Å²) in [5.41, 5.74) is -0.669. The Morgan fingerprint density at radius 3 is 2.48 bits per heavy atom. The highest BCUT2D eigenvalue weighted by Gasteiger charge is 2.33. The Labute approximate surface area is 128 Å². The van der Waals surface area contributed by atoms with Gasteiger partial charge in [-0.25, -0.2) is 0 Å². The van der Waals surface area contributed by atoms with Gasteiger partial charge in [0, 0.05) is 13.6 Å². The van der Waals surface area contributed by atoms with Crippen molar-refractivity contribution in [3.8, 4) is 0 Å². The lowest BCUT2D eigenvalue weighted by Gasteiger charge is -2.19. The Morgan fingerprint density at radius 2 is 1.90 bits per heavy atom. The minimum atomic E-state index is -4.44. The topological polar surface area (TPSA) is 20.3 Å². The third-order valence-corrected chi connectivity index (χ3v) is 4.08. The summed E-state index contributed by atoms with van der Waals surface area (Å²) >= 11 is 6.85. The molecule has 0 N–H and O–H groups in total. The van der Waals surface area contributed by atoms with Gasteiger partial charge in [0.1, 0.15) is 0 Å². The van der Waals surface area contributed by atoms with E-state index >= 15 is 0 Å². The lowest BCUT2D eigenvalue weighted by Crippen LogP contribution is -2.26. The fourth-order valence-corrected chi connectivity index (χ4v) is 2.92. The molecule has 7 heteroatoms. The van der Waals surface area contributed by atoms with Gasteiger partial charge >= 0.3 is 6.18 Å². The minimum absolute atomic E-state index is 0.0588. The number of amides is 1. The summed E-state index contributed by atoms with van der Waals surface area (Å²) < 4.78 is 39.2. The van der Waals surface area contributed by atoms with E-state index < -0.39 is 11.7 Å². The molecule has 0 aliphatic rings. The van der Waals surface area contributed by atoms with Crippen LogP contribution in [0, 0.1) is 0 Å². The van der Waals surface area contributed by atoms with Crippen LogP contribution in [-0.4, -0.2) is 17.9 Å². The number of benzene rings is 1. The van der Waals surface area contributed by atoms with Crippen LogP contribution < -0.4 is 0 Å². The number of halogens is 4. The Morgan fingerprint density at radius 1 is 1.24 bits per heavy atom. The zero-order valence-electron chi connectivity index (χ0n) is 10.9. The maximum Gasteiger partial charge on any atom is 0.416 e. The predicted octanol–water partition coefficient (Wildman–Crippen LogP) is 4.69. The van der Waals surface area contributed by atoms with Crippen molar-refractivity contribution in [2.24, 2.45) is 0 Å². The van der Waals surface area contributed by atoms with E-state index in [1.165, 1.54) is 30.1 Å². The molecule has 0 spiro atoms. The average molecular weight is 334 g/mol. The van der Waals surface area contributed by atoms with Gasteiger partial charge in [-0.1, -0.05) is 29.8 Å². The van der Waals surface area contributed by atoms with Crippen molar-refractivity contribution < 1.29 is 18.0 Å². The number of carbonyl (C=O) groups excluding carboxylic acids is 1. The highest BCUT2D eigenvalue weighted by molar-refractivity contribution is 7.17. The van der Waals surface area contributed by atoms with Gasteiger partial charge < -0.3 is 4.90 Å². The van der Waals surface area contributed by atoms with E-state index in [0.29, 0.717) is 9.21 Å². The Kier molecular flexibility index (Phi) is 4.58. The standard InChI is InChI=1S/C14H11ClF3NOS/c1-19(13(20)11-6-7-12(15)21-11)8-9-4-2-3-5-10(9)14(16,17)18/h2-7H,8H2,1H3. The number of thiophene rings is 1. The van der Waals surface area contributed by atoms with Crippen molar-refractivity contribution in [2.75, 3.05) is 7.05 Å². The van der Waals surface area contributed by atoms with Crippen LogP contribution in [0.3, 0.4) is 0 Å². The fourth-order valence-electron chi connectivity index (χ4n) is 1.88. The molecule has 0 fully saturated rings. The Bertz CT molecular complexity index is 654. The van der Waals surface area contributed by atoms with Crippen LogP contribution in [-0.2, 0) is 12.7 Å². The van der Waals surface area contributed by atoms with Gasteiger partial charge in [-0.05, 0) is 23.8 Å². The second-order valence-corrected chi connectivity index (χ2v) is 6.13. The van der Waals surface area contributed by atoms with Gasteiger partial charge in [0.25, 0.3) is 5.91 Å². The van der Waals surface area contributed by atoms with Gasteiger partial charge in [0.05, 0.1) is 14.8 Å². The first-order valence-electron chi connectivity index (χ1n) is 5.95. The average Bonchev–Trinajstić information content (AvgIpc) is 2.84. The van der Waals surface area contributed by atoms with Crippen molar-refractivity contribution >= 4 is 28.8 Å². The molecule has 0 aliphatic carbocycles. The largest absolute Gasteiger partial charge is 0.416 e. The first kappa shape index (κ1) is 15.9. The zero-order valence-corrected chi connectivity index (χ0v) is 12.5. The van der Waals surface area contributed by atoms with E-state index in [0.717, 1.165) is 17.4 Å². The van der Waals surface area contributed by atoms with Crippen molar-refractivity contribution in [1.82, 2.24) is 4.90 Å². The zero-order chi connectivity index (χ0) is 15.6. The van der Waals surface area contributed by atoms with E-state index in [9.17, 15) is 18.0 Å². The van der Waals surface area contributed by atoms with Crippen LogP contribution >= 0.6 is 22.9 Å². The number of carbonyl (C=O) groups is 1. The minimum Gasteiger partial charge on any atom is -0.337 e. The van der Waals surface area contributed by atoms with Gasteiger partial charge in [-0.2, -0.15) is 13.2 Å². The summed E-state index contributed by atoms with van der Waals surface area (Å²) in [6.07, 6.45) is -4.44. The SMILES string of the molecule is CN(Cc1ccccc1C(F)(F)F)C(=O)c1ccc(Cl)s1. The number of rotatable bonds is 3. The summed E-state index contributed by atoms with van der Waals surface area (Å²) in [6.45, 7) is -0.121. The van der Waals surface area contributed by atoms with E-state index in [4.69, 9.17) is 11.6 Å². The summed E-state index contributed by atoms with van der Waals surface area (Å²) in [6, 6.07) is 8.36. The molecule has 0 aliphatic heterocycles. The smallest absolute Gasteiger partial charge is 0.337 e. The predicted molar refractivity (Wildman–Crippen MR) is 76.6 cm³/mol. The summed E-state index contributed by atoms with van der Waals surface area (Å²) in [4.78, 5) is 13.8. The lowest BCUT2D eigenvalue weighted by molar-refractivity contribution is -0.138. The van der Waals surface area contributed by atoms with E-state index in [2.05, 4.69) is 0 Å². The highest BCUT2D eigenvalue weighted by atomic mass is 35.5. The summed E-state index contributed by atoms with van der Waals surface area (Å²) in [7, 11) is 1.46. The summed E-state index contributed by atoms with van der Waals surface area (Å²) in [5, 5.41) is 0. The Balaban J connectivity index is 2.20. The van der Waals surface area contributed by atoms with Gasteiger partial charge in [-0.3, -0.25) is 4.79 Å². The number of alkyl halides is 3. The van der Waals surface area contributed by atoms with E-state index in [1.54, 1.807) is 12.1 Å². The number of nitrogens with zero attached hydrogens (tertiary/aromatic N) is 1. The molecular formula is C14H11ClF3NOS. The van der Waals surface area contributed by atoms with Crippen LogP contribution in [0.1, 0.15) is 20.8 Å². The molecule has 1 aromatic heterocycles. The van der Waals surface area contributed by atoms with Crippen molar-refractivity contribution in [3.05, 3.63) is 56.7 Å². The molecular weight excluding hydrogens is 323 g/mol. The molecule has 0 saturated heterocycles. The molecule has 2 nitrogen and oxygen atoms in total. The second kappa shape index (κ2) is 6.07. The normalized spacial score (nSPS) is 11.5. The second-order valence-electron chi connectivity index (χ2n) is 4.42. The van der Waals surface area contributed by atoms with Crippen LogP contribution in [0.15, 0.2) is 36.4 Å². The van der Waals surface area contributed by atoms with Crippen LogP contribution in [0.25, 0.3) is 0 Å². The molecule has 1 aromatic carbocycles. The molecule has 1 amide bonds. The van der Waals surface area contributed by atoms with Crippen LogP contribution in [0.2, 0.25) is 4.34 Å². The van der Waals surface area contributed by atoms with Crippen molar-refractivity contribution in [2.45, 2.75) is 12.7 Å². The molecule has 0 atom stereocenters. The van der Waals surface area contributed by atoms with Crippen molar-refractivity contribution in [1.29, 1.82) is 0 Å². The third kappa shape index (κ3) is 3.77. The monoisotopic (exact) mass is 333 g/mol. The lowest BCUT2D eigenvalue weighted by atomic mass is 10.1. The molecule has 2 rings (SSSR count). The van der Waals surface area contributed by atoms with Gasteiger partial charge in [-0.15, -0.1) is 11.3 Å². The molecule has 0 unspecified atom stereocenters. The third-order valence-electron chi connectivity index (χ3n) is 2.86. The van der Waals surface area contributed by atoms with Gasteiger partial charge in [0.2, 0.25) is 0 Å². The molecule has 0 radical (unpaired) electrons. The molecule has 112 valence electrons. The first-order valence-corrected chi connectivity index (χ1v) is 7.14. The fraction of sp³-hybridized carbons (Fsp3) is 0.214. The Hall–Kier alpha value is -1.53. The molecule has 2 aromatic rings. The first-order chi connectivity index (χ1) is 9.79. The molecule has 0 saturated carbocycles. The van der Waals surface area contributed by atoms with E-state index in [-0.39, 0.29) is 18.0 Å². The number of hydrogen-bond acceptors (Lipinski definition) is 2. The quantitative estimate of drug-likeness (QED) is 0.797. The van der Waals surface area contributed by atoms with Gasteiger partial charge in [0.15, 0.2) is 0 Å². The van der Waals surface area contributed by atoms with E-state index in [1.807, 2.05) is 0 Å². The van der Waals surface area contributed by atoms with Crippen LogP contribution in [0.4, 0.5) is 13.2 Å². The molecule has 1 heterocycles. The molecule has 21 heavy (non-hydrogen) atoms. The maximum absolute atomic E-state index is 12.9. The highest BCUT2D eigenvalue weighted by Crippen LogP contribution is 2.32. The summed E-state index contributed by atoms with van der Waals surface area (Å²) in [5.74, 6) is -0.358. The maximum atomic E-state index is 12.9. The molecule has 0 bridgehead atoms. The van der Waals surface area contributed by atoms with Crippen LogP contribution in [0.5, 0.6) is 0 Å².